The Morgan fingerprint density at radius 3 is 2.43 bits per heavy atom. The summed E-state index contributed by atoms with van der Waals surface area (Å²) in [5, 5.41) is 3.87. The first-order valence-electron chi connectivity index (χ1n) is 10.8. The van der Waals surface area contributed by atoms with Crippen LogP contribution in [-0.4, -0.2) is 68.2 Å². The summed E-state index contributed by atoms with van der Waals surface area (Å²) < 4.78 is 0. The monoisotopic (exact) mass is 406 g/mol. The van der Waals surface area contributed by atoms with E-state index in [1.807, 2.05) is 29.2 Å². The first-order chi connectivity index (χ1) is 13.5. The Hall–Kier alpha value is -1.46. The molecule has 2 fully saturated rings. The lowest BCUT2D eigenvalue weighted by molar-refractivity contribution is 0.139. The fourth-order valence-corrected chi connectivity index (χ4v) is 4.86. The van der Waals surface area contributed by atoms with Crippen LogP contribution >= 0.6 is 11.6 Å². The van der Waals surface area contributed by atoms with Gasteiger partial charge in [-0.15, -0.1) is 0 Å². The summed E-state index contributed by atoms with van der Waals surface area (Å²) >= 11 is 6.29. The largest absolute Gasteiger partial charge is 0.367 e. The number of likely N-dealkylation sites (tertiary alicyclic amines) is 1. The minimum atomic E-state index is 0.0685. The average molecular weight is 407 g/mol. The zero-order chi connectivity index (χ0) is 19.9. The van der Waals surface area contributed by atoms with Gasteiger partial charge in [-0.1, -0.05) is 37.6 Å². The summed E-state index contributed by atoms with van der Waals surface area (Å²) in [6.45, 7) is 12.2. The molecule has 0 spiro atoms. The molecule has 2 amide bonds. The third-order valence-corrected chi connectivity index (χ3v) is 6.20. The van der Waals surface area contributed by atoms with Crippen LogP contribution in [0.2, 0.25) is 5.02 Å². The van der Waals surface area contributed by atoms with Gasteiger partial charge in [0.2, 0.25) is 0 Å². The van der Waals surface area contributed by atoms with Gasteiger partial charge in [-0.2, -0.15) is 0 Å². The van der Waals surface area contributed by atoms with Crippen LogP contribution in [0.4, 0.5) is 10.5 Å². The number of para-hydroxylation sites is 1. The smallest absolute Gasteiger partial charge is 0.317 e. The predicted molar refractivity (Wildman–Crippen MR) is 117 cm³/mol. The molecule has 2 saturated heterocycles. The van der Waals surface area contributed by atoms with E-state index in [1.165, 1.54) is 19.5 Å². The van der Waals surface area contributed by atoms with Crippen LogP contribution in [0.15, 0.2) is 24.3 Å². The molecule has 0 radical (unpaired) electrons. The second kappa shape index (κ2) is 10.4. The zero-order valence-electron chi connectivity index (χ0n) is 17.4. The quantitative estimate of drug-likeness (QED) is 0.727. The van der Waals surface area contributed by atoms with Gasteiger partial charge < -0.3 is 20.0 Å². The van der Waals surface area contributed by atoms with E-state index in [4.69, 9.17) is 11.6 Å². The van der Waals surface area contributed by atoms with Crippen LogP contribution < -0.4 is 10.2 Å². The van der Waals surface area contributed by atoms with Crippen molar-refractivity contribution in [3.63, 3.8) is 0 Å². The van der Waals surface area contributed by atoms with E-state index in [2.05, 4.69) is 29.0 Å². The maximum Gasteiger partial charge on any atom is 0.317 e. The Labute approximate surface area is 175 Å². The molecule has 28 heavy (non-hydrogen) atoms. The van der Waals surface area contributed by atoms with Crippen LogP contribution in [0.3, 0.4) is 0 Å². The van der Waals surface area contributed by atoms with Crippen molar-refractivity contribution >= 4 is 23.3 Å². The molecule has 0 aliphatic carbocycles. The molecule has 1 aromatic rings. The molecule has 2 heterocycles. The Balaban J connectivity index is 1.30. The van der Waals surface area contributed by atoms with Gasteiger partial charge in [0.25, 0.3) is 0 Å². The fraction of sp³-hybridized carbons (Fsp3) is 0.682. The van der Waals surface area contributed by atoms with Crippen molar-refractivity contribution in [3.05, 3.63) is 29.3 Å². The van der Waals surface area contributed by atoms with Crippen LogP contribution in [0.5, 0.6) is 0 Å². The normalized spacial score (nSPS) is 23.7. The maximum absolute atomic E-state index is 12.4. The summed E-state index contributed by atoms with van der Waals surface area (Å²) in [4.78, 5) is 19.2. The summed E-state index contributed by atoms with van der Waals surface area (Å²) in [6.07, 6.45) is 3.56. The molecule has 2 unspecified atom stereocenters. The number of carbonyl (C=O) groups is 1. The lowest BCUT2D eigenvalue weighted by Gasteiger charge is -2.36. The van der Waals surface area contributed by atoms with E-state index in [-0.39, 0.29) is 6.03 Å². The number of piperidine rings is 1. The number of nitrogens with one attached hydrogen (secondary N) is 1. The lowest BCUT2D eigenvalue weighted by atomic mass is 9.92. The number of hydrogen-bond acceptors (Lipinski definition) is 3. The van der Waals surface area contributed by atoms with Crippen LogP contribution in [0.25, 0.3) is 0 Å². The van der Waals surface area contributed by atoms with E-state index >= 15 is 0 Å². The standard InChI is InChI=1S/C22H35ClN4O/c1-18-15-19(2)17-25(16-18)10-6-5-9-24-22(28)27-13-11-26(12-14-27)21-8-4-3-7-20(21)23/h3-4,7-8,18-19H,5-6,9-17H2,1-2H3,(H,24,28). The minimum Gasteiger partial charge on any atom is -0.367 e. The molecule has 5 nitrogen and oxygen atoms in total. The highest BCUT2D eigenvalue weighted by Gasteiger charge is 2.23. The Morgan fingerprint density at radius 1 is 1.07 bits per heavy atom. The molecule has 0 aromatic heterocycles. The molecule has 2 atom stereocenters. The third-order valence-electron chi connectivity index (χ3n) is 5.88. The molecule has 1 N–H and O–H groups in total. The molecular weight excluding hydrogens is 372 g/mol. The molecule has 3 rings (SSSR count). The van der Waals surface area contributed by atoms with Gasteiger partial charge in [-0.05, 0) is 49.8 Å². The topological polar surface area (TPSA) is 38.8 Å². The average Bonchev–Trinajstić information content (AvgIpc) is 2.67. The lowest BCUT2D eigenvalue weighted by Crippen LogP contribution is -2.52. The first kappa shape index (κ1) is 21.3. The number of nitrogens with zero attached hydrogens (tertiary/aromatic N) is 3. The Morgan fingerprint density at radius 2 is 1.75 bits per heavy atom. The van der Waals surface area contributed by atoms with Crippen molar-refractivity contribution < 1.29 is 4.79 Å². The Bertz CT molecular complexity index is 623. The number of halogens is 1. The van der Waals surface area contributed by atoms with E-state index in [1.54, 1.807) is 0 Å². The van der Waals surface area contributed by atoms with Crippen molar-refractivity contribution in [2.45, 2.75) is 33.1 Å². The highest BCUT2D eigenvalue weighted by molar-refractivity contribution is 6.33. The van der Waals surface area contributed by atoms with E-state index in [9.17, 15) is 4.79 Å². The molecule has 6 heteroatoms. The molecule has 1 aromatic carbocycles. The third kappa shape index (κ3) is 6.02. The minimum absolute atomic E-state index is 0.0685. The van der Waals surface area contributed by atoms with Crippen LogP contribution in [0, 0.1) is 11.8 Å². The summed E-state index contributed by atoms with van der Waals surface area (Å²) in [6, 6.07) is 7.98. The maximum atomic E-state index is 12.4. The SMILES string of the molecule is CC1CC(C)CN(CCCCNC(=O)N2CCN(c3ccccc3Cl)CC2)C1. The molecular formula is C22H35ClN4O. The molecule has 2 aliphatic heterocycles. The highest BCUT2D eigenvalue weighted by Crippen LogP contribution is 2.26. The van der Waals surface area contributed by atoms with Crippen molar-refractivity contribution in [2.24, 2.45) is 11.8 Å². The van der Waals surface area contributed by atoms with E-state index in [0.717, 1.165) is 74.7 Å². The number of hydrogen-bond donors (Lipinski definition) is 1. The summed E-state index contributed by atoms with van der Waals surface area (Å²) in [5.41, 5.74) is 1.06. The van der Waals surface area contributed by atoms with Crippen molar-refractivity contribution in [3.8, 4) is 0 Å². The molecule has 0 bridgehead atoms. The van der Waals surface area contributed by atoms with Crippen LogP contribution in [0.1, 0.15) is 33.1 Å². The number of benzene rings is 1. The molecule has 156 valence electrons. The molecule has 0 saturated carbocycles. The van der Waals surface area contributed by atoms with Crippen LogP contribution in [-0.2, 0) is 0 Å². The van der Waals surface area contributed by atoms with Gasteiger partial charge in [-0.3, -0.25) is 0 Å². The van der Waals surface area contributed by atoms with Crippen molar-refractivity contribution in [1.29, 1.82) is 0 Å². The zero-order valence-corrected chi connectivity index (χ0v) is 18.1. The number of piperazine rings is 1. The van der Waals surface area contributed by atoms with Gasteiger partial charge in [0.05, 0.1) is 10.7 Å². The number of amides is 2. The number of carbonyl (C=O) groups excluding carboxylic acids is 1. The predicted octanol–water partition coefficient (Wildman–Crippen LogP) is 3.93. The van der Waals surface area contributed by atoms with E-state index in [0.29, 0.717) is 0 Å². The van der Waals surface area contributed by atoms with Gasteiger partial charge in [0, 0.05) is 45.8 Å². The summed E-state index contributed by atoms with van der Waals surface area (Å²) in [5.74, 6) is 1.63. The van der Waals surface area contributed by atoms with Gasteiger partial charge >= 0.3 is 6.03 Å². The first-order valence-corrected chi connectivity index (χ1v) is 11.2. The molecule has 2 aliphatic rings. The van der Waals surface area contributed by atoms with Gasteiger partial charge in [-0.25, -0.2) is 4.79 Å². The van der Waals surface area contributed by atoms with Crippen molar-refractivity contribution in [1.82, 2.24) is 15.1 Å². The highest BCUT2D eigenvalue weighted by atomic mass is 35.5. The van der Waals surface area contributed by atoms with E-state index < -0.39 is 0 Å². The summed E-state index contributed by atoms with van der Waals surface area (Å²) in [7, 11) is 0. The van der Waals surface area contributed by atoms with Gasteiger partial charge in [0.1, 0.15) is 0 Å². The second-order valence-corrected chi connectivity index (χ2v) is 8.98. The number of unbranched alkanes of at least 4 members (excludes halogenated alkanes) is 1. The van der Waals surface area contributed by atoms with Crippen molar-refractivity contribution in [2.75, 3.05) is 57.3 Å². The van der Waals surface area contributed by atoms with Gasteiger partial charge in [0.15, 0.2) is 0 Å². The number of urea groups is 1. The second-order valence-electron chi connectivity index (χ2n) is 8.57. The Kier molecular flexibility index (Phi) is 7.86. The fourth-order valence-electron chi connectivity index (χ4n) is 4.60. The number of rotatable bonds is 6. The number of anilines is 1.